The zero-order valence-corrected chi connectivity index (χ0v) is 13.6. The van der Waals surface area contributed by atoms with E-state index in [0.717, 1.165) is 13.0 Å². The fourth-order valence-electron chi connectivity index (χ4n) is 3.92. The summed E-state index contributed by atoms with van der Waals surface area (Å²) in [6, 6.07) is 2.50. The molecule has 2 N–H and O–H groups in total. The third kappa shape index (κ3) is 2.81. The van der Waals surface area contributed by atoms with Crippen LogP contribution in [-0.4, -0.2) is 12.2 Å². The van der Waals surface area contributed by atoms with Gasteiger partial charge in [-0.25, -0.2) is 0 Å². The summed E-state index contributed by atoms with van der Waals surface area (Å²) >= 11 is 1.89. The second-order valence-electron chi connectivity index (χ2n) is 6.76. The van der Waals surface area contributed by atoms with Crippen molar-refractivity contribution in [2.45, 2.75) is 70.4 Å². The molecule has 20 heavy (non-hydrogen) atoms. The van der Waals surface area contributed by atoms with E-state index in [2.05, 4.69) is 19.9 Å². The Bertz CT molecular complexity index is 437. The van der Waals surface area contributed by atoms with E-state index in [1.807, 2.05) is 11.3 Å². The van der Waals surface area contributed by atoms with E-state index < -0.39 is 0 Å². The van der Waals surface area contributed by atoms with Crippen LogP contribution in [0.3, 0.4) is 0 Å². The summed E-state index contributed by atoms with van der Waals surface area (Å²) < 4.78 is 6.20. The van der Waals surface area contributed by atoms with Crippen LogP contribution in [0.1, 0.15) is 66.3 Å². The molecule has 0 bridgehead atoms. The monoisotopic (exact) mass is 293 g/mol. The average molecular weight is 293 g/mol. The summed E-state index contributed by atoms with van der Waals surface area (Å²) in [5.41, 5.74) is 8.15. The molecule has 2 aliphatic rings. The lowest BCUT2D eigenvalue weighted by Crippen LogP contribution is -2.43. The van der Waals surface area contributed by atoms with Crippen molar-refractivity contribution in [2.75, 3.05) is 6.61 Å². The second-order valence-corrected chi connectivity index (χ2v) is 8.05. The zero-order valence-electron chi connectivity index (χ0n) is 12.8. The Labute approximate surface area is 126 Å². The maximum absolute atomic E-state index is 6.60. The highest BCUT2D eigenvalue weighted by Gasteiger charge is 2.40. The molecule has 0 amide bonds. The lowest BCUT2D eigenvalue weighted by atomic mass is 9.74. The minimum atomic E-state index is 0.167. The van der Waals surface area contributed by atoms with Gasteiger partial charge in [0.15, 0.2) is 0 Å². The zero-order chi connectivity index (χ0) is 14.2. The molecule has 1 aliphatic carbocycles. The Morgan fingerprint density at radius 3 is 2.70 bits per heavy atom. The normalized spacial score (nSPS) is 27.6. The van der Waals surface area contributed by atoms with Gasteiger partial charge in [-0.1, -0.05) is 19.3 Å². The highest BCUT2D eigenvalue weighted by atomic mass is 32.1. The quantitative estimate of drug-likeness (QED) is 0.871. The number of nitrogens with two attached hydrogens (primary N) is 1. The molecule has 1 saturated heterocycles. The third-order valence-electron chi connectivity index (χ3n) is 5.32. The third-order valence-corrected chi connectivity index (χ3v) is 6.57. The molecule has 1 saturated carbocycles. The predicted octanol–water partition coefficient (Wildman–Crippen LogP) is 4.49. The molecule has 1 aromatic rings. The number of hydrogen-bond acceptors (Lipinski definition) is 3. The Kier molecular flexibility index (Phi) is 4.21. The minimum absolute atomic E-state index is 0.167. The lowest BCUT2D eigenvalue weighted by Gasteiger charge is -2.44. The minimum Gasteiger partial charge on any atom is -0.375 e. The average Bonchev–Trinajstić information content (AvgIpc) is 2.79. The number of rotatable bonds is 2. The molecule has 0 radical (unpaired) electrons. The van der Waals surface area contributed by atoms with Crippen LogP contribution in [0.5, 0.6) is 0 Å². The van der Waals surface area contributed by atoms with Gasteiger partial charge in [0.1, 0.15) is 0 Å². The molecule has 2 heterocycles. The summed E-state index contributed by atoms with van der Waals surface area (Å²) in [6.45, 7) is 5.29. The maximum atomic E-state index is 6.60. The van der Waals surface area contributed by atoms with Crippen molar-refractivity contribution < 1.29 is 4.74 Å². The molecule has 2 atom stereocenters. The molecule has 1 aliphatic heterocycles. The first-order valence-electron chi connectivity index (χ1n) is 8.06. The molecule has 1 aromatic heterocycles. The van der Waals surface area contributed by atoms with Crippen LogP contribution in [0.4, 0.5) is 0 Å². The van der Waals surface area contributed by atoms with Crippen molar-refractivity contribution >= 4 is 11.3 Å². The van der Waals surface area contributed by atoms with Crippen molar-refractivity contribution in [3.8, 4) is 0 Å². The number of hydrogen-bond donors (Lipinski definition) is 1. The van der Waals surface area contributed by atoms with Crippen molar-refractivity contribution in [3.05, 3.63) is 21.4 Å². The van der Waals surface area contributed by atoms with E-state index in [-0.39, 0.29) is 11.6 Å². The van der Waals surface area contributed by atoms with Gasteiger partial charge in [0, 0.05) is 22.4 Å². The summed E-state index contributed by atoms with van der Waals surface area (Å²) in [6.07, 6.45) is 8.84. The second kappa shape index (κ2) is 5.78. The summed E-state index contributed by atoms with van der Waals surface area (Å²) in [4.78, 5) is 2.78. The van der Waals surface area contributed by atoms with Gasteiger partial charge in [-0.15, -0.1) is 11.3 Å². The van der Waals surface area contributed by atoms with Gasteiger partial charge < -0.3 is 10.5 Å². The number of ether oxygens (including phenoxy) is 1. The summed E-state index contributed by atoms with van der Waals surface area (Å²) in [5.74, 6) is 0.597. The highest BCUT2D eigenvalue weighted by molar-refractivity contribution is 7.12. The molecule has 2 fully saturated rings. The first-order chi connectivity index (χ1) is 9.60. The maximum Gasteiger partial charge on any atom is 0.0686 e. The van der Waals surface area contributed by atoms with Crippen molar-refractivity contribution in [1.29, 1.82) is 0 Å². The van der Waals surface area contributed by atoms with Crippen molar-refractivity contribution in [3.63, 3.8) is 0 Å². The fraction of sp³-hybridized carbons (Fsp3) is 0.765. The van der Waals surface area contributed by atoms with Crippen LogP contribution < -0.4 is 5.73 Å². The van der Waals surface area contributed by atoms with Crippen LogP contribution in [0, 0.1) is 19.8 Å². The van der Waals surface area contributed by atoms with E-state index in [4.69, 9.17) is 10.5 Å². The van der Waals surface area contributed by atoms with Crippen molar-refractivity contribution in [2.24, 2.45) is 11.7 Å². The van der Waals surface area contributed by atoms with Gasteiger partial charge in [-0.05, 0) is 57.1 Å². The van der Waals surface area contributed by atoms with E-state index in [9.17, 15) is 0 Å². The molecular weight excluding hydrogens is 266 g/mol. The standard InChI is InChI=1S/C17H27NOS/c1-12-10-15(20-13(12)2)16(18)14-6-9-19-17(11-14)7-4-3-5-8-17/h10,14,16H,3-9,11,18H2,1-2H3. The smallest absolute Gasteiger partial charge is 0.0686 e. The molecule has 2 nitrogen and oxygen atoms in total. The van der Waals surface area contributed by atoms with Gasteiger partial charge in [0.05, 0.1) is 5.60 Å². The number of aryl methyl sites for hydroxylation is 2. The summed E-state index contributed by atoms with van der Waals surface area (Å²) in [7, 11) is 0. The van der Waals surface area contributed by atoms with Gasteiger partial charge in [-0.2, -0.15) is 0 Å². The molecule has 112 valence electrons. The van der Waals surface area contributed by atoms with Gasteiger partial charge in [-0.3, -0.25) is 0 Å². The number of thiophene rings is 1. The fourth-order valence-corrected chi connectivity index (χ4v) is 5.05. The SMILES string of the molecule is Cc1cc(C(N)C2CCOC3(CCCCC3)C2)sc1C. The molecule has 3 rings (SSSR count). The first kappa shape index (κ1) is 14.6. The van der Waals surface area contributed by atoms with Gasteiger partial charge >= 0.3 is 0 Å². The Morgan fingerprint density at radius 2 is 2.05 bits per heavy atom. The molecule has 3 heteroatoms. The topological polar surface area (TPSA) is 35.2 Å². The van der Waals surface area contributed by atoms with Gasteiger partial charge in [0.25, 0.3) is 0 Å². The van der Waals surface area contributed by atoms with Crippen molar-refractivity contribution in [1.82, 2.24) is 0 Å². The Morgan fingerprint density at radius 1 is 1.30 bits per heavy atom. The molecular formula is C17H27NOS. The highest BCUT2D eigenvalue weighted by Crippen LogP contribution is 2.44. The van der Waals surface area contributed by atoms with E-state index in [1.54, 1.807) is 0 Å². The molecule has 1 spiro atoms. The Hall–Kier alpha value is -0.380. The van der Waals surface area contributed by atoms with Crippen LogP contribution in [-0.2, 0) is 4.74 Å². The molecule has 2 unspecified atom stereocenters. The van der Waals surface area contributed by atoms with E-state index in [1.165, 1.54) is 53.8 Å². The Balaban J connectivity index is 1.72. The van der Waals surface area contributed by atoms with Crippen LogP contribution in [0.2, 0.25) is 0 Å². The predicted molar refractivity (Wildman–Crippen MR) is 85.2 cm³/mol. The largest absolute Gasteiger partial charge is 0.375 e. The van der Waals surface area contributed by atoms with Crippen LogP contribution in [0.25, 0.3) is 0 Å². The van der Waals surface area contributed by atoms with E-state index in [0.29, 0.717) is 5.92 Å². The van der Waals surface area contributed by atoms with E-state index >= 15 is 0 Å². The summed E-state index contributed by atoms with van der Waals surface area (Å²) in [5, 5.41) is 0. The van der Waals surface area contributed by atoms with Gasteiger partial charge in [0.2, 0.25) is 0 Å². The van der Waals surface area contributed by atoms with Crippen LogP contribution in [0.15, 0.2) is 6.07 Å². The lowest BCUT2D eigenvalue weighted by molar-refractivity contribution is -0.120. The molecule has 0 aromatic carbocycles. The van der Waals surface area contributed by atoms with Crippen LogP contribution >= 0.6 is 11.3 Å². The first-order valence-corrected chi connectivity index (χ1v) is 8.88.